The molecule has 0 spiro atoms. The SMILES string of the molecule is C(COCC1CC1)OCCOCC1CO1. The highest BCUT2D eigenvalue weighted by atomic mass is 16.6. The quantitative estimate of drug-likeness (QED) is 0.401. The highest BCUT2D eigenvalue weighted by Crippen LogP contribution is 2.28. The predicted octanol–water partition coefficient (Wildman–Crippen LogP) is 0.845. The highest BCUT2D eigenvalue weighted by Gasteiger charge is 2.22. The van der Waals surface area contributed by atoms with Crippen molar-refractivity contribution in [2.24, 2.45) is 5.92 Å². The Hall–Kier alpha value is -0.160. The molecule has 1 atom stereocenters. The summed E-state index contributed by atoms with van der Waals surface area (Å²) in [7, 11) is 0. The Bertz CT molecular complexity index is 148. The maximum absolute atomic E-state index is 5.43. The van der Waals surface area contributed by atoms with Crippen LogP contribution in [0.4, 0.5) is 0 Å². The van der Waals surface area contributed by atoms with Crippen molar-refractivity contribution in [2.75, 3.05) is 46.2 Å². The Labute approximate surface area is 90.8 Å². The summed E-state index contributed by atoms with van der Waals surface area (Å²) in [4.78, 5) is 0. The van der Waals surface area contributed by atoms with Gasteiger partial charge in [0, 0.05) is 6.61 Å². The molecular weight excluding hydrogens is 196 g/mol. The lowest BCUT2D eigenvalue weighted by molar-refractivity contribution is 0.01000. The topological polar surface area (TPSA) is 40.2 Å². The summed E-state index contributed by atoms with van der Waals surface area (Å²) in [6.07, 6.45) is 3.04. The third kappa shape index (κ3) is 6.10. The molecule has 0 bridgehead atoms. The Morgan fingerprint density at radius 1 is 0.867 bits per heavy atom. The third-order valence-electron chi connectivity index (χ3n) is 2.50. The van der Waals surface area contributed by atoms with E-state index in [1.54, 1.807) is 0 Å². The number of rotatable bonds is 10. The van der Waals surface area contributed by atoms with E-state index in [0.29, 0.717) is 39.1 Å². The third-order valence-corrected chi connectivity index (χ3v) is 2.50. The van der Waals surface area contributed by atoms with Crippen LogP contribution in [0.5, 0.6) is 0 Å². The molecule has 1 saturated carbocycles. The van der Waals surface area contributed by atoms with Gasteiger partial charge in [-0.2, -0.15) is 0 Å². The Morgan fingerprint density at radius 2 is 1.47 bits per heavy atom. The van der Waals surface area contributed by atoms with Crippen LogP contribution >= 0.6 is 0 Å². The van der Waals surface area contributed by atoms with Crippen molar-refractivity contribution in [3.05, 3.63) is 0 Å². The molecule has 1 saturated heterocycles. The molecule has 1 heterocycles. The molecule has 0 aromatic carbocycles. The Balaban J connectivity index is 1.23. The van der Waals surface area contributed by atoms with Gasteiger partial charge in [0.05, 0.1) is 39.6 Å². The molecule has 0 amide bonds. The van der Waals surface area contributed by atoms with E-state index in [4.69, 9.17) is 18.9 Å². The van der Waals surface area contributed by atoms with E-state index in [1.165, 1.54) is 12.8 Å². The summed E-state index contributed by atoms with van der Waals surface area (Å²) in [6, 6.07) is 0. The second kappa shape index (κ2) is 6.43. The molecule has 1 aliphatic carbocycles. The first-order chi connectivity index (χ1) is 7.45. The van der Waals surface area contributed by atoms with Crippen molar-refractivity contribution in [2.45, 2.75) is 18.9 Å². The number of epoxide rings is 1. The molecule has 2 rings (SSSR count). The minimum atomic E-state index is 0.354. The first-order valence-electron chi connectivity index (χ1n) is 5.80. The van der Waals surface area contributed by atoms with Crippen molar-refractivity contribution in [1.29, 1.82) is 0 Å². The van der Waals surface area contributed by atoms with E-state index in [0.717, 1.165) is 19.1 Å². The highest BCUT2D eigenvalue weighted by molar-refractivity contribution is 4.71. The van der Waals surface area contributed by atoms with Gasteiger partial charge in [-0.3, -0.25) is 0 Å². The molecule has 88 valence electrons. The van der Waals surface area contributed by atoms with E-state index < -0.39 is 0 Å². The fourth-order valence-corrected chi connectivity index (χ4v) is 1.25. The van der Waals surface area contributed by atoms with Gasteiger partial charge in [0.2, 0.25) is 0 Å². The van der Waals surface area contributed by atoms with Crippen LogP contribution in [-0.4, -0.2) is 52.4 Å². The maximum atomic E-state index is 5.43. The fourth-order valence-electron chi connectivity index (χ4n) is 1.25. The standard InChI is InChI=1S/C11H20O4/c1-2-10(1)7-13-5-3-12-4-6-14-8-11-9-15-11/h10-11H,1-9H2. The molecule has 1 unspecified atom stereocenters. The van der Waals surface area contributed by atoms with E-state index >= 15 is 0 Å². The number of ether oxygens (including phenoxy) is 4. The van der Waals surface area contributed by atoms with Gasteiger partial charge in [0.1, 0.15) is 6.10 Å². The van der Waals surface area contributed by atoms with Crippen LogP contribution in [0.2, 0.25) is 0 Å². The smallest absolute Gasteiger partial charge is 0.104 e. The number of hydrogen-bond acceptors (Lipinski definition) is 4. The molecule has 4 heteroatoms. The maximum Gasteiger partial charge on any atom is 0.104 e. The van der Waals surface area contributed by atoms with Crippen LogP contribution in [0.25, 0.3) is 0 Å². The minimum absolute atomic E-state index is 0.354. The summed E-state index contributed by atoms with van der Waals surface area (Å²) >= 11 is 0. The van der Waals surface area contributed by atoms with Gasteiger partial charge >= 0.3 is 0 Å². The van der Waals surface area contributed by atoms with Gasteiger partial charge in [-0.25, -0.2) is 0 Å². The van der Waals surface area contributed by atoms with E-state index in [2.05, 4.69) is 0 Å². The Kier molecular flexibility index (Phi) is 4.86. The van der Waals surface area contributed by atoms with Crippen LogP contribution in [0.1, 0.15) is 12.8 Å². The summed E-state index contributed by atoms with van der Waals surface area (Å²) < 4.78 is 21.1. The van der Waals surface area contributed by atoms with Gasteiger partial charge in [0.15, 0.2) is 0 Å². The number of hydrogen-bond donors (Lipinski definition) is 0. The molecule has 15 heavy (non-hydrogen) atoms. The van der Waals surface area contributed by atoms with Gasteiger partial charge in [-0.05, 0) is 18.8 Å². The molecular formula is C11H20O4. The monoisotopic (exact) mass is 216 g/mol. The lowest BCUT2D eigenvalue weighted by Gasteiger charge is -2.05. The first-order valence-corrected chi connectivity index (χ1v) is 5.80. The van der Waals surface area contributed by atoms with Gasteiger partial charge in [-0.15, -0.1) is 0 Å². The average Bonchev–Trinajstić information content (AvgIpc) is 3.10. The van der Waals surface area contributed by atoms with Crippen LogP contribution in [0.15, 0.2) is 0 Å². The zero-order chi connectivity index (χ0) is 10.3. The van der Waals surface area contributed by atoms with Crippen molar-refractivity contribution in [3.63, 3.8) is 0 Å². The second-order valence-electron chi connectivity index (χ2n) is 4.16. The van der Waals surface area contributed by atoms with E-state index in [-0.39, 0.29) is 0 Å². The molecule has 4 nitrogen and oxygen atoms in total. The van der Waals surface area contributed by atoms with Crippen molar-refractivity contribution in [1.82, 2.24) is 0 Å². The molecule has 0 radical (unpaired) electrons. The van der Waals surface area contributed by atoms with Crippen LogP contribution in [0, 0.1) is 5.92 Å². The van der Waals surface area contributed by atoms with Gasteiger partial charge in [0.25, 0.3) is 0 Å². The molecule has 2 aliphatic rings. The lowest BCUT2D eigenvalue weighted by Crippen LogP contribution is -2.11. The lowest BCUT2D eigenvalue weighted by atomic mass is 10.5. The average molecular weight is 216 g/mol. The molecule has 0 aromatic heterocycles. The molecule has 2 fully saturated rings. The largest absolute Gasteiger partial charge is 0.379 e. The van der Waals surface area contributed by atoms with Crippen molar-refractivity contribution >= 4 is 0 Å². The van der Waals surface area contributed by atoms with Gasteiger partial charge < -0.3 is 18.9 Å². The van der Waals surface area contributed by atoms with Crippen molar-refractivity contribution in [3.8, 4) is 0 Å². The summed E-state index contributed by atoms with van der Waals surface area (Å²) in [5, 5.41) is 0. The first kappa shape index (κ1) is 11.3. The summed E-state index contributed by atoms with van der Waals surface area (Å²) in [5.41, 5.74) is 0. The van der Waals surface area contributed by atoms with Crippen LogP contribution in [-0.2, 0) is 18.9 Å². The van der Waals surface area contributed by atoms with Crippen LogP contribution < -0.4 is 0 Å². The zero-order valence-corrected chi connectivity index (χ0v) is 9.15. The van der Waals surface area contributed by atoms with Gasteiger partial charge in [-0.1, -0.05) is 0 Å². The Morgan fingerprint density at radius 3 is 2.07 bits per heavy atom. The summed E-state index contributed by atoms with van der Waals surface area (Å²) in [5.74, 6) is 0.840. The second-order valence-corrected chi connectivity index (χ2v) is 4.16. The fraction of sp³-hybridized carbons (Fsp3) is 1.00. The summed E-state index contributed by atoms with van der Waals surface area (Å²) in [6.45, 7) is 5.18. The minimum Gasteiger partial charge on any atom is -0.379 e. The molecule has 0 aromatic rings. The van der Waals surface area contributed by atoms with Crippen molar-refractivity contribution < 1.29 is 18.9 Å². The van der Waals surface area contributed by atoms with Crippen LogP contribution in [0.3, 0.4) is 0 Å². The van der Waals surface area contributed by atoms with E-state index in [9.17, 15) is 0 Å². The normalized spacial score (nSPS) is 24.4. The zero-order valence-electron chi connectivity index (χ0n) is 9.15. The molecule has 1 aliphatic heterocycles. The predicted molar refractivity (Wildman–Crippen MR) is 54.9 cm³/mol. The molecule has 0 N–H and O–H groups in total. The van der Waals surface area contributed by atoms with E-state index in [1.807, 2.05) is 0 Å².